The molecule has 1 rings (SSSR count). The maximum absolute atomic E-state index is 10.8. The van der Waals surface area contributed by atoms with Gasteiger partial charge in [-0.1, -0.05) is 0 Å². The van der Waals surface area contributed by atoms with Crippen LogP contribution in [0, 0.1) is 5.92 Å². The smallest absolute Gasteiger partial charge is 0.229 e. The highest BCUT2D eigenvalue weighted by molar-refractivity contribution is 7.81. The largest absolute Gasteiger partial charge is 0.381 e. The number of hydrogen-bond acceptors (Lipinski definition) is 3. The molecular weight excluding hydrogens is 174 g/mol. The van der Waals surface area contributed by atoms with Crippen LogP contribution in [0.2, 0.25) is 0 Å². The average Bonchev–Trinajstić information content (AvgIpc) is 2.57. The van der Waals surface area contributed by atoms with Crippen molar-refractivity contribution < 1.29 is 9.53 Å². The van der Waals surface area contributed by atoms with Gasteiger partial charge in [0, 0.05) is 19.8 Å². The minimum Gasteiger partial charge on any atom is -0.381 e. The molecule has 1 unspecified atom stereocenters. The molecule has 4 heteroatoms. The first kappa shape index (κ1) is 9.86. The minimum atomic E-state index is 0.0113. The van der Waals surface area contributed by atoms with E-state index in [1.807, 2.05) is 0 Å². The molecule has 3 nitrogen and oxygen atoms in total. The number of carbonyl (C=O) groups excluding carboxylic acids is 1. The lowest BCUT2D eigenvalue weighted by Crippen LogP contribution is -2.26. The van der Waals surface area contributed by atoms with Gasteiger partial charge in [0.25, 0.3) is 0 Å². The van der Waals surface area contributed by atoms with Crippen LogP contribution in [0.15, 0.2) is 0 Å². The molecule has 0 aliphatic carbocycles. The Kier molecular flexibility index (Phi) is 4.46. The van der Waals surface area contributed by atoms with Gasteiger partial charge in [-0.3, -0.25) is 4.79 Å². The standard InChI is InChI=1S/C8H15NO2S/c10-8(6-12)9-3-1-7-2-4-11-5-7/h7,12H,1-6H2,(H,9,10). The van der Waals surface area contributed by atoms with E-state index in [9.17, 15) is 4.79 Å². The number of ether oxygens (including phenoxy) is 1. The second-order valence-electron chi connectivity index (χ2n) is 3.03. The van der Waals surface area contributed by atoms with Crippen LogP contribution >= 0.6 is 12.6 Å². The molecule has 0 bridgehead atoms. The number of hydrogen-bond donors (Lipinski definition) is 2. The summed E-state index contributed by atoms with van der Waals surface area (Å²) < 4.78 is 5.21. The van der Waals surface area contributed by atoms with Gasteiger partial charge in [0.2, 0.25) is 5.91 Å². The molecule has 1 fully saturated rings. The Balaban J connectivity index is 1.97. The van der Waals surface area contributed by atoms with Crippen molar-refractivity contribution in [2.24, 2.45) is 5.92 Å². The van der Waals surface area contributed by atoms with Crippen LogP contribution in [0.4, 0.5) is 0 Å². The molecule has 0 radical (unpaired) electrons. The second-order valence-corrected chi connectivity index (χ2v) is 3.34. The van der Waals surface area contributed by atoms with Crippen LogP contribution < -0.4 is 5.32 Å². The number of nitrogens with one attached hydrogen (secondary N) is 1. The van der Waals surface area contributed by atoms with Crippen LogP contribution in [0.25, 0.3) is 0 Å². The summed E-state index contributed by atoms with van der Waals surface area (Å²) in [7, 11) is 0. The quantitative estimate of drug-likeness (QED) is 0.631. The fourth-order valence-corrected chi connectivity index (χ4v) is 1.39. The van der Waals surface area contributed by atoms with Crippen LogP contribution in [0.3, 0.4) is 0 Å². The molecule has 1 heterocycles. The molecule has 1 N–H and O–H groups in total. The highest BCUT2D eigenvalue weighted by atomic mass is 32.1. The van der Waals surface area contributed by atoms with Crippen molar-refractivity contribution in [1.82, 2.24) is 5.32 Å². The van der Waals surface area contributed by atoms with Gasteiger partial charge in [0.05, 0.1) is 5.75 Å². The number of carbonyl (C=O) groups is 1. The predicted molar refractivity (Wildman–Crippen MR) is 50.4 cm³/mol. The third kappa shape index (κ3) is 3.45. The van der Waals surface area contributed by atoms with Crippen molar-refractivity contribution in [1.29, 1.82) is 0 Å². The van der Waals surface area contributed by atoms with E-state index in [0.717, 1.165) is 32.6 Å². The monoisotopic (exact) mass is 189 g/mol. The van der Waals surface area contributed by atoms with Crippen LogP contribution in [0.1, 0.15) is 12.8 Å². The van der Waals surface area contributed by atoms with E-state index >= 15 is 0 Å². The SMILES string of the molecule is O=C(CS)NCCC1CCOC1. The zero-order valence-corrected chi connectivity index (χ0v) is 7.98. The molecule has 1 saturated heterocycles. The first-order valence-corrected chi connectivity index (χ1v) is 4.91. The molecular formula is C8H15NO2S. The minimum absolute atomic E-state index is 0.0113. The van der Waals surface area contributed by atoms with Crippen LogP contribution in [0.5, 0.6) is 0 Å². The third-order valence-electron chi connectivity index (χ3n) is 2.04. The number of rotatable bonds is 4. The van der Waals surface area contributed by atoms with Gasteiger partial charge >= 0.3 is 0 Å². The van der Waals surface area contributed by atoms with Gasteiger partial charge in [0.1, 0.15) is 0 Å². The van der Waals surface area contributed by atoms with E-state index in [0.29, 0.717) is 5.92 Å². The maximum Gasteiger partial charge on any atom is 0.229 e. The first-order valence-electron chi connectivity index (χ1n) is 4.28. The van der Waals surface area contributed by atoms with E-state index in [1.54, 1.807) is 0 Å². The summed E-state index contributed by atoms with van der Waals surface area (Å²) in [4.78, 5) is 10.8. The van der Waals surface area contributed by atoms with Gasteiger partial charge in [-0.05, 0) is 18.8 Å². The number of amides is 1. The highest BCUT2D eigenvalue weighted by Crippen LogP contribution is 2.14. The predicted octanol–water partition coefficient (Wildman–Crippen LogP) is 0.459. The molecule has 70 valence electrons. The zero-order chi connectivity index (χ0) is 8.81. The normalized spacial score (nSPS) is 22.6. The van der Waals surface area contributed by atoms with Crippen LogP contribution in [-0.2, 0) is 9.53 Å². The molecule has 1 aliphatic rings. The molecule has 0 saturated carbocycles. The Morgan fingerprint density at radius 3 is 3.08 bits per heavy atom. The fraction of sp³-hybridized carbons (Fsp3) is 0.875. The summed E-state index contributed by atoms with van der Waals surface area (Å²) in [6, 6.07) is 0. The second kappa shape index (κ2) is 5.43. The molecule has 12 heavy (non-hydrogen) atoms. The summed E-state index contributed by atoms with van der Waals surface area (Å²) in [5.74, 6) is 0.934. The molecule has 0 aromatic heterocycles. The van der Waals surface area contributed by atoms with Crippen molar-refractivity contribution in [2.45, 2.75) is 12.8 Å². The van der Waals surface area contributed by atoms with Gasteiger partial charge in [0.15, 0.2) is 0 Å². The molecule has 1 amide bonds. The van der Waals surface area contributed by atoms with Gasteiger partial charge in [-0.2, -0.15) is 12.6 Å². The van der Waals surface area contributed by atoms with Crippen molar-refractivity contribution in [3.05, 3.63) is 0 Å². The molecule has 0 aromatic rings. The van der Waals surface area contributed by atoms with E-state index < -0.39 is 0 Å². The topological polar surface area (TPSA) is 38.3 Å². The Morgan fingerprint density at radius 1 is 1.67 bits per heavy atom. The lowest BCUT2D eigenvalue weighted by molar-refractivity contribution is -0.118. The molecule has 1 atom stereocenters. The third-order valence-corrected chi connectivity index (χ3v) is 2.33. The molecule has 0 spiro atoms. The van der Waals surface area contributed by atoms with E-state index in [1.165, 1.54) is 0 Å². The average molecular weight is 189 g/mol. The van der Waals surface area contributed by atoms with Crippen molar-refractivity contribution in [2.75, 3.05) is 25.5 Å². The summed E-state index contributed by atoms with van der Waals surface area (Å²) in [5.41, 5.74) is 0. The highest BCUT2D eigenvalue weighted by Gasteiger charge is 2.14. The van der Waals surface area contributed by atoms with Crippen LogP contribution in [-0.4, -0.2) is 31.4 Å². The van der Waals surface area contributed by atoms with E-state index in [2.05, 4.69) is 17.9 Å². The summed E-state index contributed by atoms with van der Waals surface area (Å²) in [5, 5.41) is 2.79. The Morgan fingerprint density at radius 2 is 2.50 bits per heavy atom. The van der Waals surface area contributed by atoms with Gasteiger partial charge < -0.3 is 10.1 Å². The number of thiol groups is 1. The maximum atomic E-state index is 10.8. The van der Waals surface area contributed by atoms with Gasteiger partial charge in [-0.15, -0.1) is 0 Å². The molecule has 1 aliphatic heterocycles. The Bertz CT molecular complexity index is 146. The van der Waals surface area contributed by atoms with Gasteiger partial charge in [-0.25, -0.2) is 0 Å². The summed E-state index contributed by atoms with van der Waals surface area (Å²) in [6.45, 7) is 2.50. The van der Waals surface area contributed by atoms with E-state index in [-0.39, 0.29) is 11.7 Å². The fourth-order valence-electron chi connectivity index (χ4n) is 1.28. The lowest BCUT2D eigenvalue weighted by Gasteiger charge is -2.07. The zero-order valence-electron chi connectivity index (χ0n) is 7.08. The lowest BCUT2D eigenvalue weighted by atomic mass is 10.1. The van der Waals surface area contributed by atoms with E-state index in [4.69, 9.17) is 4.74 Å². The molecule has 0 aromatic carbocycles. The first-order chi connectivity index (χ1) is 5.83. The van der Waals surface area contributed by atoms with Crippen molar-refractivity contribution in [3.8, 4) is 0 Å². The van der Waals surface area contributed by atoms with Crippen molar-refractivity contribution in [3.63, 3.8) is 0 Å². The summed E-state index contributed by atoms with van der Waals surface area (Å²) >= 11 is 3.86. The Hall–Kier alpha value is -0.220. The summed E-state index contributed by atoms with van der Waals surface area (Å²) in [6.07, 6.45) is 2.16. The Labute approximate surface area is 78.3 Å². The van der Waals surface area contributed by atoms with Crippen molar-refractivity contribution >= 4 is 18.5 Å².